The van der Waals surface area contributed by atoms with Crippen molar-refractivity contribution >= 4 is 45.9 Å². The summed E-state index contributed by atoms with van der Waals surface area (Å²) in [5.41, 5.74) is 15.5. The van der Waals surface area contributed by atoms with E-state index in [0.29, 0.717) is 6.54 Å². The molecule has 1 atom stereocenters. The van der Waals surface area contributed by atoms with Crippen LogP contribution in [0.3, 0.4) is 0 Å². The van der Waals surface area contributed by atoms with Gasteiger partial charge >= 0.3 is 0 Å². The molecule has 226 valence electrons. The third-order valence-electron chi connectivity index (χ3n) is 9.22. The maximum Gasteiger partial charge on any atom is 0.239 e. The molecule has 0 amide bonds. The van der Waals surface area contributed by atoms with Gasteiger partial charge in [0.25, 0.3) is 0 Å². The number of allylic oxidation sites excluding steroid dienone is 1. The van der Waals surface area contributed by atoms with Gasteiger partial charge in [-0.15, -0.1) is 0 Å². The van der Waals surface area contributed by atoms with E-state index >= 15 is 0 Å². The summed E-state index contributed by atoms with van der Waals surface area (Å²) in [5, 5.41) is 12.6. The van der Waals surface area contributed by atoms with Gasteiger partial charge in [-0.05, 0) is 92.5 Å². The van der Waals surface area contributed by atoms with E-state index in [1.807, 2.05) is 0 Å². The number of nitrogens with one attached hydrogen (secondary N) is 1. The Kier molecular flexibility index (Phi) is 8.72. The minimum Gasteiger partial charge on any atom is -0.355 e. The second-order valence-electron chi connectivity index (χ2n) is 11.3. The van der Waals surface area contributed by atoms with Gasteiger partial charge in [0.05, 0.1) is 39.4 Å². The van der Waals surface area contributed by atoms with Crippen LogP contribution in [0.2, 0.25) is 0 Å². The predicted molar refractivity (Wildman–Crippen MR) is 180 cm³/mol. The number of hydrogen-bond donors (Lipinski definition) is 1. The first-order valence-corrected chi connectivity index (χ1v) is 16.1. The van der Waals surface area contributed by atoms with Crippen molar-refractivity contribution in [1.29, 1.82) is 0 Å². The molecule has 3 aromatic rings. The first kappa shape index (κ1) is 30.5. The molecular formula is C36H45N5O2. The molecule has 5 rings (SSSR count). The Hall–Kier alpha value is -4.00. The van der Waals surface area contributed by atoms with Crippen molar-refractivity contribution in [2.45, 2.75) is 107 Å². The number of fused-ring (bicyclic) bond motifs is 8. The third-order valence-corrected chi connectivity index (χ3v) is 9.22. The van der Waals surface area contributed by atoms with Crippen LogP contribution in [-0.4, -0.2) is 24.4 Å². The summed E-state index contributed by atoms with van der Waals surface area (Å²) >= 11 is 0. The SMILES string of the molecule is CCC1=Cc2nc1c(C(C)[N+](=O)[O-])c1c(CC)c(CC)c(c(CC)c3nc(c(CC)c4ccc([nH]4)c2CC)C=C3)n1CC. The molecule has 1 unspecified atom stereocenters. The van der Waals surface area contributed by atoms with Crippen molar-refractivity contribution < 1.29 is 4.92 Å². The molecule has 2 aliphatic rings. The molecule has 43 heavy (non-hydrogen) atoms. The predicted octanol–water partition coefficient (Wildman–Crippen LogP) is 9.08. The second kappa shape index (κ2) is 12.3. The van der Waals surface area contributed by atoms with Crippen molar-refractivity contribution in [3.8, 4) is 0 Å². The van der Waals surface area contributed by atoms with Gasteiger partial charge in [0.15, 0.2) is 0 Å². The fourth-order valence-corrected chi connectivity index (χ4v) is 7.12. The summed E-state index contributed by atoms with van der Waals surface area (Å²) in [7, 11) is 0. The average molecular weight is 580 g/mol. The Morgan fingerprint density at radius 3 is 1.79 bits per heavy atom. The molecule has 1 N–H and O–H groups in total. The van der Waals surface area contributed by atoms with Crippen LogP contribution in [0, 0.1) is 10.1 Å². The number of nitro groups is 1. The van der Waals surface area contributed by atoms with Crippen LogP contribution >= 0.6 is 0 Å². The average Bonchev–Trinajstić information content (AvgIpc) is 3.81. The minimum atomic E-state index is -0.924. The highest BCUT2D eigenvalue weighted by atomic mass is 16.6. The lowest BCUT2D eigenvalue weighted by atomic mass is 9.96. The van der Waals surface area contributed by atoms with Gasteiger partial charge in [-0.2, -0.15) is 0 Å². The van der Waals surface area contributed by atoms with E-state index in [1.54, 1.807) is 6.92 Å². The van der Waals surface area contributed by atoms with Gasteiger partial charge in [-0.25, -0.2) is 9.97 Å². The van der Waals surface area contributed by atoms with Crippen molar-refractivity contribution in [2.24, 2.45) is 0 Å². The maximum atomic E-state index is 12.6. The third kappa shape index (κ3) is 4.92. The summed E-state index contributed by atoms with van der Waals surface area (Å²) in [5.74, 6) is 0. The van der Waals surface area contributed by atoms with Crippen LogP contribution in [0.15, 0.2) is 12.1 Å². The summed E-state index contributed by atoms with van der Waals surface area (Å²) < 4.78 is 2.34. The van der Waals surface area contributed by atoms with Gasteiger partial charge in [0.2, 0.25) is 6.04 Å². The molecule has 7 heteroatoms. The molecule has 0 fully saturated rings. The van der Waals surface area contributed by atoms with Crippen molar-refractivity contribution in [2.75, 3.05) is 0 Å². The summed E-state index contributed by atoms with van der Waals surface area (Å²) in [4.78, 5) is 26.7. The topological polar surface area (TPSA) is 89.6 Å². The Morgan fingerprint density at radius 2 is 1.28 bits per heavy atom. The number of hydrogen-bond acceptors (Lipinski definition) is 4. The van der Waals surface area contributed by atoms with E-state index < -0.39 is 6.04 Å². The van der Waals surface area contributed by atoms with Crippen molar-refractivity contribution in [3.63, 3.8) is 0 Å². The molecule has 0 saturated heterocycles. The summed E-state index contributed by atoms with van der Waals surface area (Å²) in [6.45, 7) is 17.6. The van der Waals surface area contributed by atoms with Crippen LogP contribution in [0.5, 0.6) is 0 Å². The largest absolute Gasteiger partial charge is 0.355 e. The Labute approximate surface area is 255 Å². The number of aryl methyl sites for hydroxylation is 6. The molecule has 2 aliphatic heterocycles. The maximum absolute atomic E-state index is 12.6. The Morgan fingerprint density at radius 1 is 0.744 bits per heavy atom. The van der Waals surface area contributed by atoms with E-state index in [2.05, 4.69) is 88.4 Å². The molecule has 0 aromatic carbocycles. The van der Waals surface area contributed by atoms with Gasteiger partial charge in [0, 0.05) is 46.1 Å². The molecule has 7 nitrogen and oxygen atoms in total. The number of aromatic nitrogens is 4. The lowest BCUT2D eigenvalue weighted by molar-refractivity contribution is -0.524. The zero-order valence-corrected chi connectivity index (χ0v) is 27.0. The van der Waals surface area contributed by atoms with Gasteiger partial charge in [0.1, 0.15) is 0 Å². The number of nitrogens with zero attached hydrogens (tertiary/aromatic N) is 4. The van der Waals surface area contributed by atoms with E-state index in [-0.39, 0.29) is 4.92 Å². The lowest BCUT2D eigenvalue weighted by Gasteiger charge is -2.14. The van der Waals surface area contributed by atoms with Crippen LogP contribution in [0.4, 0.5) is 0 Å². The number of rotatable bonds is 9. The highest BCUT2D eigenvalue weighted by Gasteiger charge is 2.31. The number of H-pyrrole nitrogens is 1. The fraction of sp³-hybridized carbons (Fsp3) is 0.444. The van der Waals surface area contributed by atoms with E-state index in [9.17, 15) is 10.1 Å². The van der Waals surface area contributed by atoms with Gasteiger partial charge < -0.3 is 9.55 Å². The first-order chi connectivity index (χ1) is 20.8. The van der Waals surface area contributed by atoms with Crippen LogP contribution < -0.4 is 0 Å². The van der Waals surface area contributed by atoms with E-state index in [4.69, 9.17) is 9.97 Å². The van der Waals surface area contributed by atoms with Gasteiger partial charge in [-0.3, -0.25) is 10.1 Å². The highest BCUT2D eigenvalue weighted by molar-refractivity contribution is 5.91. The monoisotopic (exact) mass is 579 g/mol. The van der Waals surface area contributed by atoms with Crippen LogP contribution in [-0.2, 0) is 38.6 Å². The van der Waals surface area contributed by atoms with Crippen LogP contribution in [0.25, 0.3) is 45.9 Å². The molecule has 0 spiro atoms. The first-order valence-electron chi connectivity index (χ1n) is 16.1. The molecule has 5 heterocycles. The summed E-state index contributed by atoms with van der Waals surface area (Å²) in [6.07, 6.45) is 11.2. The molecule has 3 aromatic heterocycles. The molecule has 8 bridgehead atoms. The lowest BCUT2D eigenvalue weighted by Crippen LogP contribution is -2.12. The molecule has 0 saturated carbocycles. The molecular weight excluding hydrogens is 534 g/mol. The number of aromatic amines is 1. The zero-order valence-electron chi connectivity index (χ0n) is 27.0. The molecule has 0 aliphatic carbocycles. The van der Waals surface area contributed by atoms with Gasteiger partial charge in [-0.1, -0.05) is 41.5 Å². The standard InChI is InChI=1S/C36H45N5O2/c1-9-22-20-32-26(13-5)30-17-16-28(37-30)25(12-4)29-18-19-31(38-29)27(14-6)35-23(10-2)24(11-3)36(40(35)15-7)33(34(22)39-32)21(8)41(42)43/h16-21,37H,9-15H2,1-8H3. The van der Waals surface area contributed by atoms with E-state index in [1.165, 1.54) is 22.3 Å². The second-order valence-corrected chi connectivity index (χ2v) is 11.3. The molecule has 0 radical (unpaired) electrons. The van der Waals surface area contributed by atoms with Crippen molar-refractivity contribution in [3.05, 3.63) is 78.4 Å². The summed E-state index contributed by atoms with van der Waals surface area (Å²) in [6, 6.07) is 3.36. The van der Waals surface area contributed by atoms with Crippen molar-refractivity contribution in [1.82, 2.24) is 19.5 Å². The van der Waals surface area contributed by atoms with Crippen LogP contribution in [0.1, 0.15) is 124 Å². The Balaban J connectivity index is 2.20. The smallest absolute Gasteiger partial charge is 0.239 e. The van der Waals surface area contributed by atoms with E-state index in [0.717, 1.165) is 100 Å². The minimum absolute atomic E-state index is 0.154. The fourth-order valence-electron chi connectivity index (χ4n) is 7.12. The zero-order chi connectivity index (χ0) is 31.0. The highest BCUT2D eigenvalue weighted by Crippen LogP contribution is 2.40. The normalized spacial score (nSPS) is 13.4. The quantitative estimate of drug-likeness (QED) is 0.158. The Bertz CT molecular complexity index is 1820.